The lowest BCUT2D eigenvalue weighted by Crippen LogP contribution is -2.49. The van der Waals surface area contributed by atoms with E-state index >= 15 is 0 Å². The summed E-state index contributed by atoms with van der Waals surface area (Å²) < 4.78 is 0. The first kappa shape index (κ1) is 14.7. The Bertz CT molecular complexity index is 447. The lowest BCUT2D eigenvalue weighted by atomic mass is 10.1. The Balaban J connectivity index is 1.82. The smallest absolute Gasteiger partial charge is 0.317 e. The molecule has 110 valence electrons. The van der Waals surface area contributed by atoms with Crippen LogP contribution in [0.3, 0.4) is 0 Å². The molecule has 1 aliphatic heterocycles. The van der Waals surface area contributed by atoms with Crippen LogP contribution in [-0.2, 0) is 6.42 Å². The molecule has 0 radical (unpaired) electrons. The Morgan fingerprint density at radius 2 is 2.15 bits per heavy atom. The Morgan fingerprint density at radius 3 is 2.80 bits per heavy atom. The monoisotopic (exact) mass is 278 g/mol. The summed E-state index contributed by atoms with van der Waals surface area (Å²) in [6.45, 7) is 3.07. The number of aromatic hydroxyl groups is 1. The number of hydrogen-bond donors (Lipinski definition) is 3. The van der Waals surface area contributed by atoms with E-state index in [1.54, 1.807) is 17.0 Å². The molecule has 2 unspecified atom stereocenters. The minimum atomic E-state index is -0.401. The summed E-state index contributed by atoms with van der Waals surface area (Å²) in [4.78, 5) is 13.7. The third kappa shape index (κ3) is 4.13. The van der Waals surface area contributed by atoms with E-state index < -0.39 is 6.10 Å². The van der Waals surface area contributed by atoms with Gasteiger partial charge in [-0.2, -0.15) is 0 Å². The van der Waals surface area contributed by atoms with Crippen LogP contribution >= 0.6 is 0 Å². The van der Waals surface area contributed by atoms with Crippen LogP contribution in [0.4, 0.5) is 4.79 Å². The van der Waals surface area contributed by atoms with Crippen LogP contribution in [0.15, 0.2) is 24.3 Å². The van der Waals surface area contributed by atoms with E-state index in [1.807, 2.05) is 19.1 Å². The Kier molecular flexibility index (Phi) is 4.84. The maximum atomic E-state index is 12.1. The molecule has 20 heavy (non-hydrogen) atoms. The van der Waals surface area contributed by atoms with Gasteiger partial charge in [0.05, 0.1) is 6.10 Å². The summed E-state index contributed by atoms with van der Waals surface area (Å²) in [5.74, 6) is 0.243. The Labute approximate surface area is 119 Å². The van der Waals surface area contributed by atoms with E-state index in [4.69, 9.17) is 0 Å². The van der Waals surface area contributed by atoms with Gasteiger partial charge in [-0.1, -0.05) is 12.1 Å². The van der Waals surface area contributed by atoms with E-state index in [2.05, 4.69) is 5.32 Å². The third-order valence-electron chi connectivity index (χ3n) is 3.53. The lowest BCUT2D eigenvalue weighted by molar-refractivity contribution is 0.0835. The van der Waals surface area contributed by atoms with Gasteiger partial charge in [0.25, 0.3) is 0 Å². The van der Waals surface area contributed by atoms with Crippen LogP contribution in [0.5, 0.6) is 5.75 Å². The lowest BCUT2D eigenvalue weighted by Gasteiger charge is -2.31. The maximum Gasteiger partial charge on any atom is 0.317 e. The summed E-state index contributed by atoms with van der Waals surface area (Å²) >= 11 is 0. The van der Waals surface area contributed by atoms with Crippen LogP contribution in [0.2, 0.25) is 0 Å². The molecule has 0 saturated carbocycles. The van der Waals surface area contributed by atoms with Crippen molar-refractivity contribution in [1.82, 2.24) is 10.2 Å². The summed E-state index contributed by atoms with van der Waals surface area (Å²) in [7, 11) is 0. The summed E-state index contributed by atoms with van der Waals surface area (Å²) in [5.41, 5.74) is 1.06. The predicted octanol–water partition coefficient (Wildman–Crippen LogP) is 1.49. The van der Waals surface area contributed by atoms with Crippen molar-refractivity contribution in [2.75, 3.05) is 13.1 Å². The molecule has 5 nitrogen and oxygen atoms in total. The summed E-state index contributed by atoms with van der Waals surface area (Å²) in [6.07, 6.45) is 1.93. The average Bonchev–Trinajstić information content (AvgIpc) is 2.41. The fourth-order valence-electron chi connectivity index (χ4n) is 2.48. The number of carbonyl (C=O) groups is 1. The number of benzene rings is 1. The van der Waals surface area contributed by atoms with Crippen molar-refractivity contribution in [3.8, 4) is 5.75 Å². The maximum absolute atomic E-state index is 12.1. The van der Waals surface area contributed by atoms with Crippen LogP contribution in [0.25, 0.3) is 0 Å². The van der Waals surface area contributed by atoms with Crippen molar-refractivity contribution >= 4 is 6.03 Å². The van der Waals surface area contributed by atoms with Crippen LogP contribution in [0, 0.1) is 0 Å². The quantitative estimate of drug-likeness (QED) is 0.784. The van der Waals surface area contributed by atoms with Crippen LogP contribution < -0.4 is 5.32 Å². The SMILES string of the molecule is CC(Cc1ccc(O)cc1)NC(=O)N1CCCC(O)C1. The van der Waals surface area contributed by atoms with Gasteiger partial charge in [0.1, 0.15) is 5.75 Å². The first-order valence-corrected chi connectivity index (χ1v) is 7.06. The van der Waals surface area contributed by atoms with Crippen LogP contribution in [0.1, 0.15) is 25.3 Å². The minimum Gasteiger partial charge on any atom is -0.508 e. The predicted molar refractivity (Wildman–Crippen MR) is 76.6 cm³/mol. The molecule has 5 heteroatoms. The number of urea groups is 1. The number of rotatable bonds is 3. The first-order valence-electron chi connectivity index (χ1n) is 7.06. The Hall–Kier alpha value is -1.75. The highest BCUT2D eigenvalue weighted by atomic mass is 16.3. The number of phenolic OH excluding ortho intramolecular Hbond substituents is 1. The van der Waals surface area contributed by atoms with E-state index in [0.29, 0.717) is 19.5 Å². The molecular weight excluding hydrogens is 256 g/mol. The summed E-state index contributed by atoms with van der Waals surface area (Å²) in [6, 6.07) is 6.88. The number of nitrogens with zero attached hydrogens (tertiary/aromatic N) is 1. The second kappa shape index (κ2) is 6.61. The number of hydrogen-bond acceptors (Lipinski definition) is 3. The van der Waals surface area contributed by atoms with Crippen molar-refractivity contribution < 1.29 is 15.0 Å². The van der Waals surface area contributed by atoms with Gasteiger partial charge in [-0.3, -0.25) is 0 Å². The topological polar surface area (TPSA) is 72.8 Å². The second-order valence-corrected chi connectivity index (χ2v) is 5.46. The molecule has 2 amide bonds. The normalized spacial score (nSPS) is 20.5. The molecule has 1 saturated heterocycles. The number of nitrogens with one attached hydrogen (secondary N) is 1. The van der Waals surface area contributed by atoms with E-state index in [9.17, 15) is 15.0 Å². The van der Waals surface area contributed by atoms with Gasteiger partial charge < -0.3 is 20.4 Å². The number of aliphatic hydroxyl groups excluding tert-OH is 1. The van der Waals surface area contributed by atoms with E-state index in [1.165, 1.54) is 0 Å². The highest BCUT2D eigenvalue weighted by Crippen LogP contribution is 2.12. The highest BCUT2D eigenvalue weighted by molar-refractivity contribution is 5.74. The molecule has 0 aliphatic carbocycles. The number of carbonyl (C=O) groups excluding carboxylic acids is 1. The van der Waals surface area contributed by atoms with E-state index in [-0.39, 0.29) is 17.8 Å². The van der Waals surface area contributed by atoms with Crippen molar-refractivity contribution in [2.45, 2.75) is 38.3 Å². The fourth-order valence-corrected chi connectivity index (χ4v) is 2.48. The molecule has 2 rings (SSSR count). The third-order valence-corrected chi connectivity index (χ3v) is 3.53. The first-order chi connectivity index (χ1) is 9.54. The van der Waals surface area contributed by atoms with Gasteiger partial charge in [-0.15, -0.1) is 0 Å². The van der Waals surface area contributed by atoms with Crippen molar-refractivity contribution in [3.63, 3.8) is 0 Å². The van der Waals surface area contributed by atoms with Gasteiger partial charge in [0.2, 0.25) is 0 Å². The molecule has 0 aromatic heterocycles. The van der Waals surface area contributed by atoms with Crippen molar-refractivity contribution in [1.29, 1.82) is 0 Å². The van der Waals surface area contributed by atoms with Crippen molar-refractivity contribution in [3.05, 3.63) is 29.8 Å². The highest BCUT2D eigenvalue weighted by Gasteiger charge is 2.22. The van der Waals surface area contributed by atoms with Gasteiger partial charge in [-0.05, 0) is 43.9 Å². The van der Waals surface area contributed by atoms with Crippen LogP contribution in [-0.4, -0.2) is 46.4 Å². The molecule has 0 spiro atoms. The molecular formula is C15H22N2O3. The second-order valence-electron chi connectivity index (χ2n) is 5.46. The molecule has 3 N–H and O–H groups in total. The number of amides is 2. The molecule has 1 aromatic carbocycles. The van der Waals surface area contributed by atoms with Gasteiger partial charge >= 0.3 is 6.03 Å². The molecule has 1 aliphatic rings. The Morgan fingerprint density at radius 1 is 1.45 bits per heavy atom. The number of phenols is 1. The molecule has 1 aromatic rings. The molecule has 2 atom stereocenters. The zero-order valence-corrected chi connectivity index (χ0v) is 11.7. The van der Waals surface area contributed by atoms with Gasteiger partial charge in [0, 0.05) is 19.1 Å². The van der Waals surface area contributed by atoms with Gasteiger partial charge in [-0.25, -0.2) is 4.79 Å². The fraction of sp³-hybridized carbons (Fsp3) is 0.533. The standard InChI is InChI=1S/C15H22N2O3/c1-11(9-12-4-6-13(18)7-5-12)16-15(20)17-8-2-3-14(19)10-17/h4-7,11,14,18-19H,2-3,8-10H2,1H3,(H,16,20). The van der Waals surface area contributed by atoms with Crippen molar-refractivity contribution in [2.24, 2.45) is 0 Å². The molecule has 1 heterocycles. The molecule has 0 bridgehead atoms. The molecule has 1 fully saturated rings. The summed E-state index contributed by atoms with van der Waals surface area (Å²) in [5, 5.41) is 21.8. The number of aliphatic hydroxyl groups is 1. The van der Waals surface area contributed by atoms with Gasteiger partial charge in [0.15, 0.2) is 0 Å². The van der Waals surface area contributed by atoms with E-state index in [0.717, 1.165) is 18.4 Å². The largest absolute Gasteiger partial charge is 0.508 e. The average molecular weight is 278 g/mol. The number of likely N-dealkylation sites (tertiary alicyclic amines) is 1. The number of β-amino-alcohol motifs (C(OH)–C–C–N with tert-alkyl or cyclic N) is 1. The number of piperidine rings is 1. The zero-order chi connectivity index (χ0) is 14.5. The minimum absolute atomic E-state index is 0.00566. The zero-order valence-electron chi connectivity index (χ0n) is 11.7.